The van der Waals surface area contributed by atoms with Crippen LogP contribution in [0, 0.1) is 0 Å². The van der Waals surface area contributed by atoms with E-state index < -0.39 is 10.0 Å². The lowest BCUT2D eigenvalue weighted by atomic mass is 10.1. The number of amides is 1. The minimum Gasteiger partial charge on any atom is -0.496 e. The van der Waals surface area contributed by atoms with E-state index >= 15 is 0 Å². The van der Waals surface area contributed by atoms with E-state index in [1.807, 2.05) is 0 Å². The van der Waals surface area contributed by atoms with Crippen LogP contribution >= 0.6 is 0 Å². The molecule has 4 rings (SSSR count). The number of sulfonamides is 1. The number of benzene rings is 2. The number of carbonyl (C=O) groups excluding carboxylic acids is 1. The van der Waals surface area contributed by atoms with Crippen LogP contribution in [0.25, 0.3) is 0 Å². The maximum absolute atomic E-state index is 13.0. The number of anilines is 1. The standard InChI is InChI=1S/C22H26N2O7S/c1-28-19-6-4-18(32(26,27)24-8-10-29-11-9-24)14-16(19)2-7-22(25)23-17-3-5-20-21(15-17)31-13-12-30-20/h3-6,14-15H,2,7-13H2,1H3,(H,23,25). The molecular weight excluding hydrogens is 436 g/mol. The molecule has 0 aromatic heterocycles. The van der Waals surface area contributed by atoms with Crippen LogP contribution in [0.3, 0.4) is 0 Å². The number of carbonyl (C=O) groups is 1. The number of ether oxygens (including phenoxy) is 4. The van der Waals surface area contributed by atoms with Gasteiger partial charge in [0.05, 0.1) is 25.2 Å². The molecule has 0 saturated carbocycles. The first-order valence-electron chi connectivity index (χ1n) is 10.4. The van der Waals surface area contributed by atoms with Gasteiger partial charge in [0, 0.05) is 31.3 Å². The quantitative estimate of drug-likeness (QED) is 0.672. The summed E-state index contributed by atoms with van der Waals surface area (Å²) < 4.78 is 49.0. The minimum absolute atomic E-state index is 0.159. The summed E-state index contributed by atoms with van der Waals surface area (Å²) in [6, 6.07) is 9.97. The first-order valence-corrected chi connectivity index (χ1v) is 11.9. The second-order valence-corrected chi connectivity index (χ2v) is 9.33. The van der Waals surface area contributed by atoms with E-state index in [1.54, 1.807) is 30.3 Å². The van der Waals surface area contributed by atoms with Crippen LogP contribution in [-0.4, -0.2) is 65.3 Å². The summed E-state index contributed by atoms with van der Waals surface area (Å²) in [6.07, 6.45) is 0.484. The molecular formula is C22H26N2O7S. The molecule has 0 aliphatic carbocycles. The summed E-state index contributed by atoms with van der Waals surface area (Å²) >= 11 is 0. The molecule has 2 heterocycles. The third-order valence-corrected chi connectivity index (χ3v) is 7.20. The van der Waals surface area contributed by atoms with Crippen LogP contribution in [0.15, 0.2) is 41.3 Å². The molecule has 0 unspecified atom stereocenters. The molecule has 32 heavy (non-hydrogen) atoms. The molecule has 0 radical (unpaired) electrons. The van der Waals surface area contributed by atoms with Crippen molar-refractivity contribution in [2.24, 2.45) is 0 Å². The van der Waals surface area contributed by atoms with Gasteiger partial charge in [0.25, 0.3) is 0 Å². The van der Waals surface area contributed by atoms with Crippen LogP contribution in [0.2, 0.25) is 0 Å². The molecule has 1 amide bonds. The second kappa shape index (κ2) is 9.76. The number of hydrogen-bond acceptors (Lipinski definition) is 7. The number of rotatable bonds is 7. The Morgan fingerprint density at radius 1 is 1.03 bits per heavy atom. The molecule has 1 saturated heterocycles. The van der Waals surface area contributed by atoms with E-state index in [4.69, 9.17) is 18.9 Å². The summed E-state index contributed by atoms with van der Waals surface area (Å²) in [7, 11) is -2.12. The average molecular weight is 463 g/mol. The molecule has 172 valence electrons. The lowest BCUT2D eigenvalue weighted by molar-refractivity contribution is -0.116. The maximum Gasteiger partial charge on any atom is 0.243 e. The number of morpholine rings is 1. The summed E-state index contributed by atoms with van der Waals surface area (Å²) in [5, 5.41) is 2.84. The van der Waals surface area contributed by atoms with E-state index in [2.05, 4.69) is 5.32 Å². The third-order valence-electron chi connectivity index (χ3n) is 5.31. The fourth-order valence-corrected chi connectivity index (χ4v) is 5.10. The van der Waals surface area contributed by atoms with Crippen molar-refractivity contribution in [3.05, 3.63) is 42.0 Å². The Bertz CT molecular complexity index is 1080. The topological polar surface area (TPSA) is 103 Å². The van der Waals surface area contributed by atoms with Gasteiger partial charge in [-0.25, -0.2) is 8.42 Å². The first-order chi connectivity index (χ1) is 15.5. The Balaban J connectivity index is 1.44. The number of nitrogens with zero attached hydrogens (tertiary/aromatic N) is 1. The average Bonchev–Trinajstić information content (AvgIpc) is 2.83. The van der Waals surface area contributed by atoms with Crippen LogP contribution in [-0.2, 0) is 26.0 Å². The highest BCUT2D eigenvalue weighted by atomic mass is 32.2. The van der Waals surface area contributed by atoms with Crippen molar-refractivity contribution in [1.82, 2.24) is 4.31 Å². The smallest absolute Gasteiger partial charge is 0.243 e. The van der Waals surface area contributed by atoms with Gasteiger partial charge in [-0.3, -0.25) is 4.79 Å². The summed E-state index contributed by atoms with van der Waals surface area (Å²) in [5.41, 5.74) is 1.26. The van der Waals surface area contributed by atoms with Crippen LogP contribution in [0.5, 0.6) is 17.2 Å². The zero-order chi connectivity index (χ0) is 22.6. The molecule has 2 aliphatic heterocycles. The number of nitrogens with one attached hydrogen (secondary N) is 1. The fourth-order valence-electron chi connectivity index (χ4n) is 3.64. The van der Waals surface area contributed by atoms with Crippen molar-refractivity contribution in [2.75, 3.05) is 51.9 Å². The monoisotopic (exact) mass is 462 g/mol. The molecule has 2 aromatic rings. The Morgan fingerprint density at radius 2 is 1.78 bits per heavy atom. The van der Waals surface area contributed by atoms with Gasteiger partial charge in [-0.1, -0.05) is 0 Å². The molecule has 9 nitrogen and oxygen atoms in total. The summed E-state index contributed by atoms with van der Waals surface area (Å²) in [4.78, 5) is 12.7. The van der Waals surface area contributed by atoms with Crippen molar-refractivity contribution in [3.63, 3.8) is 0 Å². The van der Waals surface area contributed by atoms with Crippen molar-refractivity contribution < 1.29 is 32.2 Å². The van der Waals surface area contributed by atoms with Crippen LogP contribution in [0.1, 0.15) is 12.0 Å². The Morgan fingerprint density at radius 3 is 2.53 bits per heavy atom. The van der Waals surface area contributed by atoms with Gasteiger partial charge in [-0.15, -0.1) is 0 Å². The highest BCUT2D eigenvalue weighted by Crippen LogP contribution is 2.33. The Hall–Kier alpha value is -2.82. The van der Waals surface area contributed by atoms with Gasteiger partial charge in [-0.05, 0) is 42.3 Å². The van der Waals surface area contributed by atoms with Gasteiger partial charge in [-0.2, -0.15) is 4.31 Å². The minimum atomic E-state index is -3.63. The van der Waals surface area contributed by atoms with Crippen molar-refractivity contribution in [1.29, 1.82) is 0 Å². The summed E-state index contributed by atoms with van der Waals surface area (Å²) in [6.45, 7) is 2.36. The van der Waals surface area contributed by atoms with Gasteiger partial charge in [0.15, 0.2) is 11.5 Å². The zero-order valence-electron chi connectivity index (χ0n) is 17.8. The molecule has 2 aliphatic rings. The molecule has 1 fully saturated rings. The molecule has 0 bridgehead atoms. The first kappa shape index (κ1) is 22.4. The number of hydrogen-bond donors (Lipinski definition) is 1. The van der Waals surface area contributed by atoms with Crippen molar-refractivity contribution in [3.8, 4) is 17.2 Å². The van der Waals surface area contributed by atoms with Crippen LogP contribution in [0.4, 0.5) is 5.69 Å². The third kappa shape index (κ3) is 4.98. The predicted molar refractivity (Wildman–Crippen MR) is 117 cm³/mol. The van der Waals surface area contributed by atoms with E-state index in [0.717, 1.165) is 0 Å². The molecule has 10 heteroatoms. The van der Waals surface area contributed by atoms with E-state index in [0.29, 0.717) is 74.4 Å². The Labute approximate surface area is 187 Å². The van der Waals surface area contributed by atoms with Gasteiger partial charge >= 0.3 is 0 Å². The van der Waals surface area contributed by atoms with E-state index in [1.165, 1.54) is 17.5 Å². The number of aryl methyl sites for hydroxylation is 1. The highest BCUT2D eigenvalue weighted by Gasteiger charge is 2.27. The molecule has 0 spiro atoms. The van der Waals surface area contributed by atoms with Crippen LogP contribution < -0.4 is 19.5 Å². The molecule has 2 aromatic carbocycles. The number of methoxy groups -OCH3 is 1. The lowest BCUT2D eigenvalue weighted by Crippen LogP contribution is -2.40. The van der Waals surface area contributed by atoms with Gasteiger partial charge < -0.3 is 24.3 Å². The lowest BCUT2D eigenvalue weighted by Gasteiger charge is -2.26. The second-order valence-electron chi connectivity index (χ2n) is 7.40. The predicted octanol–water partition coefficient (Wildman–Crippen LogP) is 2.06. The Kier molecular flexibility index (Phi) is 6.83. The number of fused-ring (bicyclic) bond motifs is 1. The SMILES string of the molecule is COc1ccc(S(=O)(=O)N2CCOCC2)cc1CCC(=O)Nc1ccc2c(c1)OCCO2. The zero-order valence-corrected chi connectivity index (χ0v) is 18.7. The highest BCUT2D eigenvalue weighted by molar-refractivity contribution is 7.89. The fraction of sp³-hybridized carbons (Fsp3) is 0.409. The van der Waals surface area contributed by atoms with Gasteiger partial charge in [0.1, 0.15) is 19.0 Å². The normalized spacial score (nSPS) is 16.4. The molecule has 1 N–H and O–H groups in total. The largest absolute Gasteiger partial charge is 0.496 e. The summed E-state index contributed by atoms with van der Waals surface area (Å²) in [5.74, 6) is 1.58. The van der Waals surface area contributed by atoms with Gasteiger partial charge in [0.2, 0.25) is 15.9 Å². The maximum atomic E-state index is 13.0. The van der Waals surface area contributed by atoms with E-state index in [9.17, 15) is 13.2 Å². The van der Waals surface area contributed by atoms with Crippen molar-refractivity contribution >= 4 is 21.6 Å². The van der Waals surface area contributed by atoms with E-state index in [-0.39, 0.29) is 17.2 Å². The molecule has 0 atom stereocenters. The van der Waals surface area contributed by atoms with Crippen molar-refractivity contribution in [2.45, 2.75) is 17.7 Å².